The van der Waals surface area contributed by atoms with Gasteiger partial charge >= 0.3 is 0 Å². The van der Waals surface area contributed by atoms with E-state index < -0.39 is 0 Å². The summed E-state index contributed by atoms with van der Waals surface area (Å²) in [6, 6.07) is 148. The van der Waals surface area contributed by atoms with Gasteiger partial charge in [-0.25, -0.2) is 0 Å². The molecule has 594 valence electrons. The Morgan fingerprint density at radius 1 is 0.159 bits per heavy atom. The van der Waals surface area contributed by atoms with Crippen LogP contribution in [0.15, 0.2) is 388 Å². The number of aromatic nitrogens is 4. The number of nitrogens with zero attached hydrogens (tertiary/aromatic N) is 4. The fourth-order valence-electron chi connectivity index (χ4n) is 23.0. The highest BCUT2D eigenvalue weighted by atomic mass is 15.0. The van der Waals surface area contributed by atoms with Gasteiger partial charge in [-0.1, -0.05) is 368 Å². The molecule has 24 aromatic rings. The third-order valence-electron chi connectivity index (χ3n) is 28.0. The molecule has 4 nitrogen and oxygen atoms in total. The zero-order chi connectivity index (χ0) is 84.4. The lowest BCUT2D eigenvalue weighted by atomic mass is 9.33. The fourth-order valence-corrected chi connectivity index (χ4v) is 23.0. The summed E-state index contributed by atoms with van der Waals surface area (Å²) in [5.41, 5.74) is 41.2. The molecule has 0 amide bonds. The molecule has 6 heteroatoms. The minimum Gasteiger partial charge on any atom is -0.309 e. The Bertz CT molecular complexity index is 7500. The van der Waals surface area contributed by atoms with Gasteiger partial charge in [-0.05, 0) is 229 Å². The van der Waals surface area contributed by atoms with Gasteiger partial charge in [-0.15, -0.1) is 0 Å². The van der Waals surface area contributed by atoms with E-state index in [1.165, 1.54) is 241 Å². The summed E-state index contributed by atoms with van der Waals surface area (Å²) in [7, 11) is 0. The van der Waals surface area contributed by atoms with Crippen molar-refractivity contribution in [3.8, 4) is 67.3 Å². The van der Waals surface area contributed by atoms with E-state index in [-0.39, 0.29) is 13.4 Å². The van der Waals surface area contributed by atoms with E-state index in [4.69, 9.17) is 0 Å². The maximum atomic E-state index is 2.65. The summed E-state index contributed by atoms with van der Waals surface area (Å²) in [5, 5.41) is 17.3. The average Bonchev–Trinajstić information content (AvgIpc) is 1.66. The number of benzene rings is 20. The van der Waals surface area contributed by atoms with Crippen molar-refractivity contribution >= 4 is 166 Å². The smallest absolute Gasteiger partial charge is 0.243 e. The summed E-state index contributed by atoms with van der Waals surface area (Å²) in [6.45, 7) is 18.6. The number of fused-ring (bicyclic) bond motifs is 12. The summed E-state index contributed by atoms with van der Waals surface area (Å²) in [6.07, 6.45) is 0. The van der Waals surface area contributed by atoms with Crippen molar-refractivity contribution in [2.75, 3.05) is 0 Å². The minimum atomic E-state index is -0.293. The summed E-state index contributed by atoms with van der Waals surface area (Å²) < 4.78 is 10.00. The van der Waals surface area contributed by atoms with E-state index in [0.29, 0.717) is 0 Å². The molecule has 0 radical (unpaired) electrons. The van der Waals surface area contributed by atoms with Gasteiger partial charge in [0.2, 0.25) is 13.4 Å². The lowest BCUT2D eigenvalue weighted by molar-refractivity contribution is 1.16. The molecule has 24 rings (SSSR count). The highest BCUT2D eigenvalue weighted by Crippen LogP contribution is 2.47. The zero-order valence-corrected chi connectivity index (χ0v) is 71.9. The molecule has 0 saturated heterocycles. The fraction of sp³-hybridized carbons (Fsp3) is 0.0667. The molecule has 0 atom stereocenters. The van der Waals surface area contributed by atoms with Crippen LogP contribution < -0.4 is 32.8 Å². The van der Waals surface area contributed by atoms with E-state index >= 15 is 0 Å². The van der Waals surface area contributed by atoms with Crippen LogP contribution in [0.2, 0.25) is 0 Å². The van der Waals surface area contributed by atoms with Crippen LogP contribution in [0.3, 0.4) is 0 Å². The van der Waals surface area contributed by atoms with Crippen LogP contribution in [0.25, 0.3) is 187 Å². The number of para-hydroxylation sites is 8. The van der Waals surface area contributed by atoms with Crippen molar-refractivity contribution in [1.29, 1.82) is 0 Å². The third kappa shape index (κ3) is 11.4. The van der Waals surface area contributed by atoms with Gasteiger partial charge in [-0.3, -0.25) is 0 Å². The highest BCUT2D eigenvalue weighted by molar-refractivity contribution is 6.99. The highest BCUT2D eigenvalue weighted by Gasteiger charge is 2.37. The first-order valence-corrected chi connectivity index (χ1v) is 44.4. The summed E-state index contributed by atoms with van der Waals surface area (Å²) in [4.78, 5) is 0. The monoisotopic (exact) mass is 1610 g/mol. The van der Waals surface area contributed by atoms with E-state index in [9.17, 15) is 0 Å². The Kier molecular flexibility index (Phi) is 17.3. The van der Waals surface area contributed by atoms with E-state index in [1.54, 1.807) is 0 Å². The predicted octanol–water partition coefficient (Wildman–Crippen LogP) is 27.1. The maximum Gasteiger partial charge on any atom is 0.243 e. The van der Waals surface area contributed by atoms with Crippen molar-refractivity contribution in [1.82, 2.24) is 18.3 Å². The van der Waals surface area contributed by atoms with Crippen molar-refractivity contribution in [2.24, 2.45) is 0 Å². The molecular weight excluding hydrogens is 1520 g/mol. The Labute approximate surface area is 734 Å². The molecule has 0 fully saturated rings. The molecule has 0 spiro atoms. The molecule has 20 aromatic carbocycles. The second-order valence-corrected chi connectivity index (χ2v) is 35.2. The van der Waals surface area contributed by atoms with Gasteiger partial charge in [-0.2, -0.15) is 0 Å². The Morgan fingerprint density at radius 2 is 0.349 bits per heavy atom. The quantitative estimate of drug-likeness (QED) is 0.0764. The number of rotatable bonds is 14. The van der Waals surface area contributed by atoms with Crippen LogP contribution in [0.4, 0.5) is 0 Å². The lowest BCUT2D eigenvalue weighted by Gasteiger charge is -2.30. The summed E-state index contributed by atoms with van der Waals surface area (Å²) in [5.74, 6) is 0. The first kappa shape index (κ1) is 74.6. The first-order valence-electron chi connectivity index (χ1n) is 44.4. The van der Waals surface area contributed by atoms with Gasteiger partial charge in [0, 0.05) is 65.8 Å². The van der Waals surface area contributed by atoms with Gasteiger partial charge in [0.1, 0.15) is 0 Å². The maximum absolute atomic E-state index is 2.65. The lowest BCUT2D eigenvalue weighted by Crippen LogP contribution is -2.56. The molecule has 0 aliphatic heterocycles. The average molecular weight is 1610 g/mol. The van der Waals surface area contributed by atoms with Crippen LogP contribution in [0, 0.1) is 55.4 Å². The van der Waals surface area contributed by atoms with Crippen LogP contribution in [0.5, 0.6) is 0 Å². The minimum absolute atomic E-state index is 0.293. The largest absolute Gasteiger partial charge is 0.309 e. The van der Waals surface area contributed by atoms with Crippen molar-refractivity contribution in [3.05, 3.63) is 433 Å². The van der Waals surface area contributed by atoms with Crippen molar-refractivity contribution in [2.45, 2.75) is 55.4 Å². The number of hydrogen-bond donors (Lipinski definition) is 0. The van der Waals surface area contributed by atoms with Crippen LogP contribution in [-0.2, 0) is 0 Å². The van der Waals surface area contributed by atoms with E-state index in [1.807, 2.05) is 0 Å². The Balaban J connectivity index is 0.841. The zero-order valence-electron chi connectivity index (χ0n) is 71.9. The molecule has 0 aliphatic rings. The second-order valence-electron chi connectivity index (χ2n) is 35.2. The van der Waals surface area contributed by atoms with Crippen LogP contribution in [-0.4, -0.2) is 31.7 Å². The molecule has 126 heavy (non-hydrogen) atoms. The third-order valence-corrected chi connectivity index (χ3v) is 28.0. The Hall–Kier alpha value is -15.2. The molecule has 4 aromatic heterocycles. The SMILES string of the molecule is Cc1cc(-n2c3ccccc3c3ccccc32)cc(C)c1B(c1c(C)cc(-n2c3ccccc3c3ccccc32)cc1C)c1cc(-c2ccccc2-c2ccccc2)c2ccc3c(B(c4c(C)cc(-n5c6ccccc6c6ccccc65)cc4C)c4c(C)cc(-n5c6ccccc6c6ccccc65)cc4C)cc(-c4ccccc4-c4ccccc4)c4ccc1c2c34. The molecule has 4 heterocycles. The van der Waals surface area contributed by atoms with Gasteiger partial charge in [0.25, 0.3) is 0 Å². The molecule has 0 aliphatic carbocycles. The first-order chi connectivity index (χ1) is 61.9. The normalized spacial score (nSPS) is 12.0. The topological polar surface area (TPSA) is 19.7 Å². The molecular formula is C120H88B2N4. The molecule has 0 bridgehead atoms. The number of aryl methyl sites for hydroxylation is 8. The second kappa shape index (κ2) is 29.2. The molecule has 0 unspecified atom stereocenters. The van der Waals surface area contributed by atoms with Crippen molar-refractivity contribution in [3.63, 3.8) is 0 Å². The van der Waals surface area contributed by atoms with Crippen molar-refractivity contribution < 1.29 is 0 Å². The van der Waals surface area contributed by atoms with Crippen LogP contribution >= 0.6 is 0 Å². The number of hydrogen-bond acceptors (Lipinski definition) is 0. The van der Waals surface area contributed by atoms with E-state index in [2.05, 4.69) is 462 Å². The van der Waals surface area contributed by atoms with E-state index in [0.717, 1.165) is 22.7 Å². The van der Waals surface area contributed by atoms with Gasteiger partial charge in [0.05, 0.1) is 44.1 Å². The predicted molar refractivity (Wildman–Crippen MR) is 542 cm³/mol. The molecule has 0 saturated carbocycles. The standard InChI is InChI=1S/C120H88B2N4/c1-73-63-83(123-107-51-27-19-43-91(107)92-44-20-28-52-108(92)123)64-74(2)117(73)121(118-75(3)65-84(66-76(118)4)124-109-53-29-21-45-93(109)94-46-22-30-54-110(94)124)105-71-103(89-41-17-15-39-87(89)81-35-11-9-12-36-81)99-60-62-102-106(72-104(100-59-61-101(105)115(99)116(100)102)90-42-18-16-40-88(90)82-37-13-10-14-38-82)122(119-77(5)67-85(68-78(119)6)125-111-55-31-23-47-95(111)96-48-24-32-56-112(96)125)120-79(7)69-86(70-80(120)8)126-113-57-33-25-49-97(113)98-50-26-34-58-114(98)126/h9-72H,1-8H3. The molecule has 0 N–H and O–H groups in total. The van der Waals surface area contributed by atoms with Crippen LogP contribution in [0.1, 0.15) is 44.5 Å². The van der Waals surface area contributed by atoms with Gasteiger partial charge < -0.3 is 18.3 Å². The summed E-state index contributed by atoms with van der Waals surface area (Å²) >= 11 is 0. The Morgan fingerprint density at radius 3 is 0.579 bits per heavy atom. The van der Waals surface area contributed by atoms with Gasteiger partial charge in [0.15, 0.2) is 0 Å².